The van der Waals surface area contributed by atoms with E-state index >= 15 is 0 Å². The molecule has 0 bridgehead atoms. The molecule has 0 fully saturated rings. The molecule has 78 valence electrons. The van der Waals surface area contributed by atoms with Crippen molar-refractivity contribution in [3.63, 3.8) is 0 Å². The summed E-state index contributed by atoms with van der Waals surface area (Å²) in [6, 6.07) is 4.80. The van der Waals surface area contributed by atoms with Gasteiger partial charge in [0, 0.05) is 30.0 Å². The van der Waals surface area contributed by atoms with Crippen LogP contribution in [0.5, 0.6) is 0 Å². The lowest BCUT2D eigenvalue weighted by atomic mass is 10.1. The van der Waals surface area contributed by atoms with Crippen LogP contribution in [0.4, 0.5) is 5.69 Å². The first-order chi connectivity index (χ1) is 7.13. The van der Waals surface area contributed by atoms with Gasteiger partial charge in [-0.3, -0.25) is 10.1 Å². The lowest BCUT2D eigenvalue weighted by Crippen LogP contribution is -1.90. The summed E-state index contributed by atoms with van der Waals surface area (Å²) in [5, 5.41) is 10.6. The molecular weight excluding hydrogens is 214 g/mol. The highest BCUT2D eigenvalue weighted by Crippen LogP contribution is 2.15. The Bertz CT molecular complexity index is 432. The predicted octanol–water partition coefficient (Wildman–Crippen LogP) is 2.88. The molecule has 1 aromatic rings. The number of non-ortho nitro benzene ring substituents is 1. The standard InChI is InChI=1S/C11H10ClNO2/c1-9-6-10(4-2-3-5-12)8-11(7-9)13(14)15/h6-8H,3,5H2,1H3. The van der Waals surface area contributed by atoms with Gasteiger partial charge in [0.25, 0.3) is 5.69 Å². The zero-order valence-corrected chi connectivity index (χ0v) is 9.04. The van der Waals surface area contributed by atoms with Crippen LogP contribution in [0, 0.1) is 28.9 Å². The SMILES string of the molecule is Cc1cc(C#CCCCl)cc([N+](=O)[O-])c1. The maximum Gasteiger partial charge on any atom is 0.270 e. The number of benzene rings is 1. The zero-order valence-electron chi connectivity index (χ0n) is 8.29. The molecule has 0 aliphatic carbocycles. The molecule has 1 aromatic carbocycles. The van der Waals surface area contributed by atoms with Crippen molar-refractivity contribution in [1.29, 1.82) is 0 Å². The largest absolute Gasteiger partial charge is 0.270 e. The number of nitrogens with zero attached hydrogens (tertiary/aromatic N) is 1. The third kappa shape index (κ3) is 3.61. The van der Waals surface area contributed by atoms with Crippen LogP contribution in [0.3, 0.4) is 0 Å². The Morgan fingerprint density at radius 2 is 2.20 bits per heavy atom. The second-order valence-electron chi connectivity index (χ2n) is 3.06. The maximum absolute atomic E-state index is 10.6. The lowest BCUT2D eigenvalue weighted by molar-refractivity contribution is -0.384. The number of nitro groups is 1. The van der Waals surface area contributed by atoms with Crippen molar-refractivity contribution in [2.45, 2.75) is 13.3 Å². The van der Waals surface area contributed by atoms with Crippen LogP contribution >= 0.6 is 11.6 Å². The highest BCUT2D eigenvalue weighted by atomic mass is 35.5. The number of nitro benzene ring substituents is 1. The summed E-state index contributed by atoms with van der Waals surface area (Å²) in [6.45, 7) is 1.81. The van der Waals surface area contributed by atoms with E-state index in [1.807, 2.05) is 6.07 Å². The fourth-order valence-electron chi connectivity index (χ4n) is 1.15. The van der Waals surface area contributed by atoms with Crippen molar-refractivity contribution in [2.75, 3.05) is 5.88 Å². The van der Waals surface area contributed by atoms with Gasteiger partial charge in [-0.05, 0) is 18.6 Å². The van der Waals surface area contributed by atoms with Crippen LogP contribution in [0.15, 0.2) is 18.2 Å². The van der Waals surface area contributed by atoms with Gasteiger partial charge < -0.3 is 0 Å². The van der Waals surface area contributed by atoms with Gasteiger partial charge in [0.1, 0.15) is 0 Å². The number of alkyl halides is 1. The van der Waals surface area contributed by atoms with Gasteiger partial charge in [-0.25, -0.2) is 0 Å². The Kier molecular flexibility index (Phi) is 4.14. The third-order valence-electron chi connectivity index (χ3n) is 1.73. The van der Waals surface area contributed by atoms with E-state index < -0.39 is 4.92 Å². The molecule has 0 amide bonds. The molecule has 15 heavy (non-hydrogen) atoms. The van der Waals surface area contributed by atoms with E-state index in [4.69, 9.17) is 11.6 Å². The zero-order chi connectivity index (χ0) is 11.3. The molecule has 0 saturated heterocycles. The van der Waals surface area contributed by atoms with Gasteiger partial charge >= 0.3 is 0 Å². The minimum Gasteiger partial charge on any atom is -0.258 e. The molecule has 0 aliphatic heterocycles. The highest BCUT2D eigenvalue weighted by Gasteiger charge is 2.06. The summed E-state index contributed by atoms with van der Waals surface area (Å²) in [7, 11) is 0. The van der Waals surface area contributed by atoms with Crippen LogP contribution in [-0.4, -0.2) is 10.8 Å². The molecule has 3 nitrogen and oxygen atoms in total. The topological polar surface area (TPSA) is 43.1 Å². The predicted molar refractivity (Wildman–Crippen MR) is 60.0 cm³/mol. The average molecular weight is 224 g/mol. The van der Waals surface area contributed by atoms with E-state index in [1.54, 1.807) is 6.92 Å². The average Bonchev–Trinajstić information content (AvgIpc) is 2.17. The Hall–Kier alpha value is -1.53. The van der Waals surface area contributed by atoms with Crippen molar-refractivity contribution in [2.24, 2.45) is 0 Å². The molecular formula is C11H10ClNO2. The van der Waals surface area contributed by atoms with Gasteiger partial charge in [0.2, 0.25) is 0 Å². The Labute approximate surface area is 93.2 Å². The van der Waals surface area contributed by atoms with Crippen molar-refractivity contribution in [1.82, 2.24) is 0 Å². The van der Waals surface area contributed by atoms with E-state index in [1.165, 1.54) is 12.1 Å². The fraction of sp³-hybridized carbons (Fsp3) is 0.273. The second kappa shape index (κ2) is 5.38. The van der Waals surface area contributed by atoms with Gasteiger partial charge in [-0.15, -0.1) is 11.6 Å². The van der Waals surface area contributed by atoms with Gasteiger partial charge in [0.05, 0.1) is 4.92 Å². The van der Waals surface area contributed by atoms with Crippen LogP contribution in [0.25, 0.3) is 0 Å². The molecule has 1 rings (SSSR count). The minimum absolute atomic E-state index is 0.0742. The minimum atomic E-state index is -0.417. The summed E-state index contributed by atoms with van der Waals surface area (Å²) in [6.07, 6.45) is 0.587. The van der Waals surface area contributed by atoms with E-state index in [2.05, 4.69) is 11.8 Å². The highest BCUT2D eigenvalue weighted by molar-refractivity contribution is 6.18. The monoisotopic (exact) mass is 223 g/mol. The lowest BCUT2D eigenvalue weighted by Gasteiger charge is -1.95. The van der Waals surface area contributed by atoms with Crippen molar-refractivity contribution in [3.05, 3.63) is 39.4 Å². The molecule has 0 radical (unpaired) electrons. The summed E-state index contributed by atoms with van der Waals surface area (Å²) in [4.78, 5) is 10.2. The number of hydrogen-bond acceptors (Lipinski definition) is 2. The quantitative estimate of drug-likeness (QED) is 0.335. The Morgan fingerprint density at radius 1 is 1.47 bits per heavy atom. The first kappa shape index (κ1) is 11.5. The van der Waals surface area contributed by atoms with E-state index in [0.717, 1.165) is 5.56 Å². The first-order valence-electron chi connectivity index (χ1n) is 4.44. The Balaban J connectivity index is 3.00. The fourth-order valence-corrected chi connectivity index (χ4v) is 1.25. The van der Waals surface area contributed by atoms with Gasteiger partial charge in [0.15, 0.2) is 0 Å². The number of aryl methyl sites for hydroxylation is 1. The van der Waals surface area contributed by atoms with Crippen molar-refractivity contribution < 1.29 is 4.92 Å². The molecule has 0 aliphatic rings. The third-order valence-corrected chi connectivity index (χ3v) is 1.91. The maximum atomic E-state index is 10.6. The van der Waals surface area contributed by atoms with Crippen LogP contribution in [-0.2, 0) is 0 Å². The molecule has 0 heterocycles. The van der Waals surface area contributed by atoms with Crippen LogP contribution < -0.4 is 0 Å². The van der Waals surface area contributed by atoms with Crippen LogP contribution in [0.2, 0.25) is 0 Å². The molecule has 0 aromatic heterocycles. The van der Waals surface area contributed by atoms with E-state index in [9.17, 15) is 10.1 Å². The van der Waals surface area contributed by atoms with Crippen LogP contribution in [0.1, 0.15) is 17.5 Å². The Morgan fingerprint density at radius 3 is 2.80 bits per heavy atom. The molecule has 0 saturated carbocycles. The number of hydrogen-bond donors (Lipinski definition) is 0. The summed E-state index contributed by atoms with van der Waals surface area (Å²) < 4.78 is 0. The molecule has 0 unspecified atom stereocenters. The smallest absolute Gasteiger partial charge is 0.258 e. The summed E-state index contributed by atoms with van der Waals surface area (Å²) in [5.41, 5.74) is 1.57. The second-order valence-corrected chi connectivity index (χ2v) is 3.43. The first-order valence-corrected chi connectivity index (χ1v) is 4.98. The summed E-state index contributed by atoms with van der Waals surface area (Å²) in [5.74, 6) is 6.16. The molecule has 0 atom stereocenters. The van der Waals surface area contributed by atoms with Crippen molar-refractivity contribution >= 4 is 17.3 Å². The molecule has 0 spiro atoms. The number of rotatable bonds is 2. The van der Waals surface area contributed by atoms with Crippen molar-refractivity contribution in [3.8, 4) is 11.8 Å². The normalized spacial score (nSPS) is 9.20. The van der Waals surface area contributed by atoms with Gasteiger partial charge in [-0.1, -0.05) is 11.8 Å². The molecule has 4 heteroatoms. The van der Waals surface area contributed by atoms with E-state index in [0.29, 0.717) is 17.9 Å². The van der Waals surface area contributed by atoms with E-state index in [-0.39, 0.29) is 5.69 Å². The summed E-state index contributed by atoms with van der Waals surface area (Å²) >= 11 is 5.47. The molecule has 0 N–H and O–H groups in total. The number of halogens is 1. The van der Waals surface area contributed by atoms with Gasteiger partial charge in [-0.2, -0.15) is 0 Å².